The van der Waals surface area contributed by atoms with E-state index in [1.165, 1.54) is 5.56 Å². The van der Waals surface area contributed by atoms with E-state index in [1.807, 2.05) is 26.0 Å². The van der Waals surface area contributed by atoms with Crippen LogP contribution in [0.4, 0.5) is 5.69 Å². The Balaban J connectivity index is 3.04. The summed E-state index contributed by atoms with van der Waals surface area (Å²) in [5.74, 6) is 0. The number of ether oxygens (including phenoxy) is 1. The van der Waals surface area contributed by atoms with E-state index in [-0.39, 0.29) is 6.04 Å². The summed E-state index contributed by atoms with van der Waals surface area (Å²) in [7, 11) is 1.64. The first-order chi connectivity index (χ1) is 6.57. The number of methoxy groups -OCH3 is 1. The van der Waals surface area contributed by atoms with Gasteiger partial charge in [0.1, 0.15) is 0 Å². The third kappa shape index (κ3) is 2.05. The minimum atomic E-state index is -0.140. The Morgan fingerprint density at radius 1 is 1.36 bits per heavy atom. The Labute approximate surface area is 85.0 Å². The summed E-state index contributed by atoms with van der Waals surface area (Å²) in [5, 5.41) is 0. The van der Waals surface area contributed by atoms with Crippen molar-refractivity contribution in [2.45, 2.75) is 19.9 Å². The first-order valence-corrected chi connectivity index (χ1v) is 4.68. The van der Waals surface area contributed by atoms with Crippen molar-refractivity contribution in [2.75, 3.05) is 19.5 Å². The maximum atomic E-state index is 5.98. The molecule has 4 N–H and O–H groups in total. The number of nitrogen functional groups attached to an aromatic ring is 1. The monoisotopic (exact) mass is 194 g/mol. The van der Waals surface area contributed by atoms with Gasteiger partial charge < -0.3 is 16.2 Å². The molecule has 0 radical (unpaired) electrons. The molecule has 3 nitrogen and oxygen atoms in total. The Hall–Kier alpha value is -1.06. The summed E-state index contributed by atoms with van der Waals surface area (Å²) in [6, 6.07) is 3.87. The maximum Gasteiger partial charge on any atom is 0.0656 e. The molecule has 0 aromatic heterocycles. The predicted molar refractivity (Wildman–Crippen MR) is 59.1 cm³/mol. The molecule has 0 aliphatic heterocycles. The van der Waals surface area contributed by atoms with Crippen LogP contribution in [0.15, 0.2) is 12.1 Å². The van der Waals surface area contributed by atoms with E-state index < -0.39 is 0 Å². The quantitative estimate of drug-likeness (QED) is 0.717. The molecule has 3 heteroatoms. The lowest BCUT2D eigenvalue weighted by atomic mass is 9.99. The van der Waals surface area contributed by atoms with E-state index in [0.717, 1.165) is 16.8 Å². The Morgan fingerprint density at radius 2 is 2.00 bits per heavy atom. The van der Waals surface area contributed by atoms with Crippen molar-refractivity contribution in [1.29, 1.82) is 0 Å². The average Bonchev–Trinajstić information content (AvgIpc) is 2.15. The van der Waals surface area contributed by atoms with Gasteiger partial charge in [0.2, 0.25) is 0 Å². The van der Waals surface area contributed by atoms with Crippen LogP contribution in [0, 0.1) is 13.8 Å². The third-order valence-corrected chi connectivity index (χ3v) is 2.57. The van der Waals surface area contributed by atoms with E-state index in [9.17, 15) is 0 Å². The standard InChI is InChI=1S/C11H18N2O/c1-7-4-5-9(10(12)6-14-3)11(13)8(7)2/h4-5,10H,6,12-13H2,1-3H3. The van der Waals surface area contributed by atoms with Gasteiger partial charge in [-0.25, -0.2) is 0 Å². The van der Waals surface area contributed by atoms with Gasteiger partial charge in [-0.05, 0) is 30.5 Å². The Bertz CT molecular complexity index is 323. The molecule has 14 heavy (non-hydrogen) atoms. The maximum absolute atomic E-state index is 5.98. The van der Waals surface area contributed by atoms with Crippen LogP contribution in [0.5, 0.6) is 0 Å². The molecule has 1 aromatic rings. The lowest BCUT2D eigenvalue weighted by molar-refractivity contribution is 0.181. The van der Waals surface area contributed by atoms with Gasteiger partial charge in [-0.1, -0.05) is 12.1 Å². The normalized spacial score (nSPS) is 12.9. The fraction of sp³-hybridized carbons (Fsp3) is 0.455. The van der Waals surface area contributed by atoms with Gasteiger partial charge in [0, 0.05) is 12.8 Å². The summed E-state index contributed by atoms with van der Waals surface area (Å²) in [5.41, 5.74) is 15.9. The summed E-state index contributed by atoms with van der Waals surface area (Å²) in [4.78, 5) is 0. The molecule has 0 saturated carbocycles. The fourth-order valence-corrected chi connectivity index (χ4v) is 1.45. The predicted octanol–water partition coefficient (Wildman–Crippen LogP) is 1.53. The van der Waals surface area contributed by atoms with Gasteiger partial charge in [-0.15, -0.1) is 0 Å². The van der Waals surface area contributed by atoms with Crippen LogP contribution in [0.1, 0.15) is 22.7 Å². The van der Waals surface area contributed by atoms with Gasteiger partial charge in [0.25, 0.3) is 0 Å². The van der Waals surface area contributed by atoms with E-state index in [1.54, 1.807) is 7.11 Å². The molecule has 0 aliphatic carbocycles. The molecule has 0 aliphatic rings. The van der Waals surface area contributed by atoms with Crippen LogP contribution in [-0.2, 0) is 4.74 Å². The van der Waals surface area contributed by atoms with Crippen LogP contribution >= 0.6 is 0 Å². The van der Waals surface area contributed by atoms with Gasteiger partial charge in [-0.2, -0.15) is 0 Å². The summed E-state index contributed by atoms with van der Waals surface area (Å²) >= 11 is 0. The third-order valence-electron chi connectivity index (χ3n) is 2.57. The molecule has 78 valence electrons. The molecule has 0 fully saturated rings. The highest BCUT2D eigenvalue weighted by atomic mass is 16.5. The van der Waals surface area contributed by atoms with Crippen molar-refractivity contribution in [3.63, 3.8) is 0 Å². The lowest BCUT2D eigenvalue weighted by Crippen LogP contribution is -2.18. The van der Waals surface area contributed by atoms with Crippen LogP contribution in [0.25, 0.3) is 0 Å². The van der Waals surface area contributed by atoms with Gasteiger partial charge in [0.15, 0.2) is 0 Å². The summed E-state index contributed by atoms with van der Waals surface area (Å²) in [6.07, 6.45) is 0. The second-order valence-electron chi connectivity index (χ2n) is 3.57. The minimum absolute atomic E-state index is 0.140. The highest BCUT2D eigenvalue weighted by molar-refractivity contribution is 5.57. The molecular formula is C11H18N2O. The van der Waals surface area contributed by atoms with Crippen LogP contribution in [-0.4, -0.2) is 13.7 Å². The van der Waals surface area contributed by atoms with Crippen molar-refractivity contribution >= 4 is 5.69 Å². The van der Waals surface area contributed by atoms with Gasteiger partial charge in [-0.3, -0.25) is 0 Å². The molecule has 1 atom stereocenters. The Kier molecular flexibility index (Phi) is 3.49. The zero-order chi connectivity index (χ0) is 10.7. The topological polar surface area (TPSA) is 61.3 Å². The molecule has 0 amide bonds. The highest BCUT2D eigenvalue weighted by Gasteiger charge is 2.11. The molecular weight excluding hydrogens is 176 g/mol. The Morgan fingerprint density at radius 3 is 2.57 bits per heavy atom. The van der Waals surface area contributed by atoms with Gasteiger partial charge in [0.05, 0.1) is 12.6 Å². The second-order valence-corrected chi connectivity index (χ2v) is 3.57. The number of aryl methyl sites for hydroxylation is 1. The van der Waals surface area contributed by atoms with Crippen molar-refractivity contribution in [1.82, 2.24) is 0 Å². The SMILES string of the molecule is COCC(N)c1ccc(C)c(C)c1N. The number of rotatable bonds is 3. The van der Waals surface area contributed by atoms with Crippen molar-refractivity contribution in [2.24, 2.45) is 5.73 Å². The van der Waals surface area contributed by atoms with Gasteiger partial charge >= 0.3 is 0 Å². The molecule has 1 unspecified atom stereocenters. The highest BCUT2D eigenvalue weighted by Crippen LogP contribution is 2.24. The largest absolute Gasteiger partial charge is 0.398 e. The molecule has 0 saturated heterocycles. The van der Waals surface area contributed by atoms with E-state index in [2.05, 4.69) is 0 Å². The number of nitrogens with two attached hydrogens (primary N) is 2. The number of anilines is 1. The molecule has 1 aromatic carbocycles. The van der Waals surface area contributed by atoms with Crippen molar-refractivity contribution in [3.05, 3.63) is 28.8 Å². The van der Waals surface area contributed by atoms with E-state index >= 15 is 0 Å². The van der Waals surface area contributed by atoms with Crippen LogP contribution in [0.3, 0.4) is 0 Å². The molecule has 1 rings (SSSR count). The second kappa shape index (κ2) is 4.44. The average molecular weight is 194 g/mol. The summed E-state index contributed by atoms with van der Waals surface area (Å²) in [6.45, 7) is 4.54. The van der Waals surface area contributed by atoms with E-state index in [4.69, 9.17) is 16.2 Å². The number of hydrogen-bond acceptors (Lipinski definition) is 3. The zero-order valence-electron chi connectivity index (χ0n) is 9.00. The van der Waals surface area contributed by atoms with Crippen LogP contribution < -0.4 is 11.5 Å². The van der Waals surface area contributed by atoms with E-state index in [0.29, 0.717) is 6.61 Å². The van der Waals surface area contributed by atoms with Crippen LogP contribution in [0.2, 0.25) is 0 Å². The smallest absolute Gasteiger partial charge is 0.0656 e. The summed E-state index contributed by atoms with van der Waals surface area (Å²) < 4.78 is 5.00. The molecule has 0 spiro atoms. The zero-order valence-corrected chi connectivity index (χ0v) is 9.00. The number of benzene rings is 1. The van der Waals surface area contributed by atoms with Crippen molar-refractivity contribution < 1.29 is 4.74 Å². The minimum Gasteiger partial charge on any atom is -0.398 e. The molecule has 0 bridgehead atoms. The first-order valence-electron chi connectivity index (χ1n) is 4.68. The first kappa shape index (κ1) is 11.0. The lowest BCUT2D eigenvalue weighted by Gasteiger charge is -2.16. The molecule has 0 heterocycles. The fourth-order valence-electron chi connectivity index (χ4n) is 1.45. The van der Waals surface area contributed by atoms with Crippen molar-refractivity contribution in [3.8, 4) is 0 Å². The number of hydrogen-bond donors (Lipinski definition) is 2.